The number of carbonyl (C=O) groups is 2. The molecule has 1 amide bonds. The Hall–Kier alpha value is -1.95. The van der Waals surface area contributed by atoms with Gasteiger partial charge in [-0.1, -0.05) is 59.8 Å². The number of hydrogen-bond donors (Lipinski definition) is 0. The molecular formula is C18H12ClNO2S2. The second-order valence-corrected chi connectivity index (χ2v) is 7.29. The molecule has 120 valence electrons. The van der Waals surface area contributed by atoms with E-state index in [9.17, 15) is 9.59 Å². The summed E-state index contributed by atoms with van der Waals surface area (Å²) in [5.41, 5.74) is 2.02. The highest BCUT2D eigenvalue weighted by atomic mass is 35.5. The Balaban J connectivity index is 1.93. The van der Waals surface area contributed by atoms with Crippen molar-refractivity contribution in [2.24, 2.45) is 0 Å². The number of carbonyl (C=O) groups excluding carboxylic acids is 2. The van der Waals surface area contributed by atoms with E-state index in [1.807, 2.05) is 12.1 Å². The Kier molecular flexibility index (Phi) is 4.85. The molecule has 2 aromatic rings. The Bertz CT molecular complexity index is 875. The molecule has 24 heavy (non-hydrogen) atoms. The van der Waals surface area contributed by atoms with Gasteiger partial charge in [-0.05, 0) is 42.8 Å². The molecule has 0 aliphatic carbocycles. The van der Waals surface area contributed by atoms with E-state index in [0.29, 0.717) is 25.5 Å². The minimum atomic E-state index is -0.194. The maximum Gasteiger partial charge on any atom is 0.270 e. The predicted octanol–water partition coefficient (Wildman–Crippen LogP) is 4.95. The number of ketones is 1. The van der Waals surface area contributed by atoms with Crippen molar-refractivity contribution in [3.8, 4) is 0 Å². The number of anilines is 1. The number of amides is 1. The third-order valence-corrected chi connectivity index (χ3v) is 5.03. The molecule has 0 saturated carbocycles. The van der Waals surface area contributed by atoms with E-state index >= 15 is 0 Å². The highest BCUT2D eigenvalue weighted by molar-refractivity contribution is 8.27. The molecule has 0 radical (unpaired) electrons. The zero-order valence-corrected chi connectivity index (χ0v) is 15.0. The van der Waals surface area contributed by atoms with Crippen LogP contribution in [0.15, 0.2) is 53.4 Å². The number of benzene rings is 2. The van der Waals surface area contributed by atoms with Crippen LogP contribution in [0.3, 0.4) is 0 Å². The SMILES string of the molecule is CC(=O)c1cccc(N2C(=O)C(=Cc3ccc(Cl)cc3)SC2=S)c1. The van der Waals surface area contributed by atoms with Crippen molar-refractivity contribution in [3.63, 3.8) is 0 Å². The summed E-state index contributed by atoms with van der Waals surface area (Å²) in [7, 11) is 0. The summed E-state index contributed by atoms with van der Waals surface area (Å²) in [6.07, 6.45) is 1.78. The summed E-state index contributed by atoms with van der Waals surface area (Å²) in [4.78, 5) is 26.2. The lowest BCUT2D eigenvalue weighted by molar-refractivity contribution is -0.113. The zero-order chi connectivity index (χ0) is 17.3. The second kappa shape index (κ2) is 6.89. The van der Waals surface area contributed by atoms with Crippen LogP contribution in [0.1, 0.15) is 22.8 Å². The molecule has 3 nitrogen and oxygen atoms in total. The number of rotatable bonds is 3. The van der Waals surface area contributed by atoms with Gasteiger partial charge < -0.3 is 0 Å². The van der Waals surface area contributed by atoms with Crippen LogP contribution in [0.2, 0.25) is 5.02 Å². The first-order chi connectivity index (χ1) is 11.5. The molecule has 0 atom stereocenters. The van der Waals surface area contributed by atoms with Crippen LogP contribution in [0.4, 0.5) is 5.69 Å². The number of Topliss-reactive ketones (excluding diaryl/α,β-unsaturated/α-hetero) is 1. The fraction of sp³-hybridized carbons (Fsp3) is 0.0556. The fourth-order valence-electron chi connectivity index (χ4n) is 2.26. The number of thioether (sulfide) groups is 1. The standard InChI is InChI=1S/C18H12ClNO2S2/c1-11(21)13-3-2-4-15(10-13)20-17(22)16(24-18(20)23)9-12-5-7-14(19)8-6-12/h2-10H,1H3. The first-order valence-electron chi connectivity index (χ1n) is 7.10. The van der Waals surface area contributed by atoms with E-state index in [2.05, 4.69) is 0 Å². The monoisotopic (exact) mass is 373 g/mol. The quantitative estimate of drug-likeness (QED) is 0.433. The van der Waals surface area contributed by atoms with Crippen molar-refractivity contribution >= 4 is 63.4 Å². The molecule has 2 aromatic carbocycles. The van der Waals surface area contributed by atoms with Gasteiger partial charge in [0.05, 0.1) is 10.6 Å². The van der Waals surface area contributed by atoms with Crippen LogP contribution >= 0.6 is 35.6 Å². The van der Waals surface area contributed by atoms with Gasteiger partial charge in [0.25, 0.3) is 5.91 Å². The molecule has 3 rings (SSSR count). The maximum atomic E-state index is 12.7. The molecule has 1 fully saturated rings. The smallest absolute Gasteiger partial charge is 0.270 e. The zero-order valence-electron chi connectivity index (χ0n) is 12.7. The second-order valence-electron chi connectivity index (χ2n) is 5.18. The van der Waals surface area contributed by atoms with Crippen LogP contribution in [0.5, 0.6) is 0 Å². The highest BCUT2D eigenvalue weighted by Crippen LogP contribution is 2.36. The van der Waals surface area contributed by atoms with Crippen molar-refractivity contribution in [3.05, 3.63) is 69.6 Å². The van der Waals surface area contributed by atoms with Gasteiger partial charge in [0.15, 0.2) is 10.1 Å². The summed E-state index contributed by atoms with van der Waals surface area (Å²) in [6, 6.07) is 14.1. The summed E-state index contributed by atoms with van der Waals surface area (Å²) in [5, 5.41) is 0.640. The summed E-state index contributed by atoms with van der Waals surface area (Å²) >= 11 is 12.5. The lowest BCUT2D eigenvalue weighted by Crippen LogP contribution is -2.27. The first kappa shape index (κ1) is 16.9. The van der Waals surface area contributed by atoms with Gasteiger partial charge in [0.1, 0.15) is 0 Å². The van der Waals surface area contributed by atoms with Gasteiger partial charge in [-0.15, -0.1) is 0 Å². The maximum absolute atomic E-state index is 12.7. The number of thiocarbonyl (C=S) groups is 1. The van der Waals surface area contributed by atoms with E-state index < -0.39 is 0 Å². The molecule has 1 aliphatic rings. The molecule has 6 heteroatoms. The number of halogens is 1. The predicted molar refractivity (Wildman–Crippen MR) is 104 cm³/mol. The first-order valence-corrected chi connectivity index (χ1v) is 8.70. The molecule has 0 spiro atoms. The van der Waals surface area contributed by atoms with Crippen LogP contribution in [0, 0.1) is 0 Å². The van der Waals surface area contributed by atoms with Crippen LogP contribution in [0.25, 0.3) is 6.08 Å². The Morgan fingerprint density at radius 1 is 1.21 bits per heavy atom. The number of nitrogens with zero attached hydrogens (tertiary/aromatic N) is 1. The topological polar surface area (TPSA) is 37.4 Å². The Morgan fingerprint density at radius 2 is 1.92 bits per heavy atom. The largest absolute Gasteiger partial charge is 0.295 e. The van der Waals surface area contributed by atoms with Crippen LogP contribution < -0.4 is 4.90 Å². The summed E-state index contributed by atoms with van der Waals surface area (Å²) < 4.78 is 0.445. The van der Waals surface area contributed by atoms with E-state index in [1.165, 1.54) is 23.6 Å². The fourth-order valence-corrected chi connectivity index (χ4v) is 3.69. The van der Waals surface area contributed by atoms with Gasteiger partial charge in [0.2, 0.25) is 0 Å². The highest BCUT2D eigenvalue weighted by Gasteiger charge is 2.33. The van der Waals surface area contributed by atoms with E-state index in [0.717, 1.165) is 5.56 Å². The molecule has 0 aromatic heterocycles. The van der Waals surface area contributed by atoms with Gasteiger partial charge >= 0.3 is 0 Å². The lowest BCUT2D eigenvalue weighted by Gasteiger charge is -2.15. The van der Waals surface area contributed by atoms with E-state index in [4.69, 9.17) is 23.8 Å². The molecule has 1 heterocycles. The van der Waals surface area contributed by atoms with Crippen molar-refractivity contribution in [2.75, 3.05) is 4.90 Å². The van der Waals surface area contributed by atoms with Crippen LogP contribution in [-0.4, -0.2) is 16.0 Å². The summed E-state index contributed by atoms with van der Waals surface area (Å²) in [5.74, 6) is -0.250. The Morgan fingerprint density at radius 3 is 2.58 bits per heavy atom. The van der Waals surface area contributed by atoms with Crippen LogP contribution in [-0.2, 0) is 4.79 Å². The normalized spacial score (nSPS) is 16.1. The minimum absolute atomic E-state index is 0.0565. The third kappa shape index (κ3) is 3.43. The third-order valence-electron chi connectivity index (χ3n) is 3.47. The lowest BCUT2D eigenvalue weighted by atomic mass is 10.1. The van der Waals surface area contributed by atoms with Gasteiger partial charge in [-0.2, -0.15) is 0 Å². The average Bonchev–Trinajstić information content (AvgIpc) is 2.83. The molecular weight excluding hydrogens is 362 g/mol. The van der Waals surface area contributed by atoms with Crippen molar-refractivity contribution in [1.82, 2.24) is 0 Å². The molecule has 0 N–H and O–H groups in total. The average molecular weight is 374 g/mol. The molecule has 1 saturated heterocycles. The van der Waals surface area contributed by atoms with Crippen molar-refractivity contribution in [2.45, 2.75) is 6.92 Å². The Labute approximate surface area is 154 Å². The molecule has 0 bridgehead atoms. The van der Waals surface area contributed by atoms with Crippen molar-refractivity contribution < 1.29 is 9.59 Å². The van der Waals surface area contributed by atoms with E-state index in [-0.39, 0.29) is 11.7 Å². The minimum Gasteiger partial charge on any atom is -0.295 e. The molecule has 0 unspecified atom stereocenters. The van der Waals surface area contributed by atoms with E-state index in [1.54, 1.807) is 42.5 Å². The molecule has 1 aliphatic heterocycles. The van der Waals surface area contributed by atoms with Gasteiger partial charge in [-0.25, -0.2) is 0 Å². The number of hydrogen-bond acceptors (Lipinski definition) is 4. The van der Waals surface area contributed by atoms with Gasteiger partial charge in [0, 0.05) is 10.6 Å². The van der Waals surface area contributed by atoms with Gasteiger partial charge in [-0.3, -0.25) is 14.5 Å². The van der Waals surface area contributed by atoms with Crippen molar-refractivity contribution in [1.29, 1.82) is 0 Å². The summed E-state index contributed by atoms with van der Waals surface area (Å²) in [6.45, 7) is 1.49.